The van der Waals surface area contributed by atoms with Crippen LogP contribution in [-0.2, 0) is 9.53 Å². The van der Waals surface area contributed by atoms with Gasteiger partial charge in [0.1, 0.15) is 0 Å². The highest BCUT2D eigenvalue weighted by Gasteiger charge is 2.01. The van der Waals surface area contributed by atoms with Gasteiger partial charge in [-0.2, -0.15) is 0 Å². The maximum atomic E-state index is 11.3. The van der Waals surface area contributed by atoms with Crippen LogP contribution in [0.3, 0.4) is 0 Å². The number of hydrogen-bond acceptors (Lipinski definition) is 4. The van der Waals surface area contributed by atoms with Crippen molar-refractivity contribution in [3.63, 3.8) is 0 Å². The predicted molar refractivity (Wildman–Crippen MR) is 75.8 cm³/mol. The second kappa shape index (κ2) is 12.8. The van der Waals surface area contributed by atoms with Crippen molar-refractivity contribution in [3.05, 3.63) is 0 Å². The average molecular weight is 258 g/mol. The number of hydrogen-bond donors (Lipinski definition) is 1. The molecule has 0 saturated carbocycles. The molecular weight excluding hydrogens is 228 g/mol. The van der Waals surface area contributed by atoms with E-state index in [1.54, 1.807) is 0 Å². The van der Waals surface area contributed by atoms with Crippen LogP contribution in [0.25, 0.3) is 0 Å². The van der Waals surface area contributed by atoms with Crippen LogP contribution in [0.1, 0.15) is 45.4 Å². The molecule has 4 heteroatoms. The van der Waals surface area contributed by atoms with E-state index in [-0.39, 0.29) is 5.97 Å². The summed E-state index contributed by atoms with van der Waals surface area (Å²) in [7, 11) is 4.13. The molecule has 18 heavy (non-hydrogen) atoms. The van der Waals surface area contributed by atoms with Crippen LogP contribution in [0.4, 0.5) is 0 Å². The van der Waals surface area contributed by atoms with Crippen molar-refractivity contribution in [1.82, 2.24) is 10.2 Å². The van der Waals surface area contributed by atoms with Crippen molar-refractivity contribution in [2.24, 2.45) is 0 Å². The lowest BCUT2D eigenvalue weighted by Crippen LogP contribution is -2.24. The maximum Gasteiger partial charge on any atom is 0.307 e. The Labute approximate surface area is 112 Å². The number of nitrogens with one attached hydrogen (secondary N) is 1. The Balaban J connectivity index is 3.17. The number of nitrogens with zero attached hydrogens (tertiary/aromatic N) is 1. The van der Waals surface area contributed by atoms with Crippen LogP contribution in [0.5, 0.6) is 0 Å². The van der Waals surface area contributed by atoms with Gasteiger partial charge in [0.15, 0.2) is 0 Å². The van der Waals surface area contributed by atoms with E-state index in [1.807, 2.05) is 0 Å². The standard InChI is InChI=1S/C14H30N2O2/c1-4-5-6-7-13-18-14(17)9-11-15-10-8-12-16(2)3/h15H,4-13H2,1-3H3. The van der Waals surface area contributed by atoms with Gasteiger partial charge in [0.2, 0.25) is 0 Å². The van der Waals surface area contributed by atoms with E-state index in [2.05, 4.69) is 31.2 Å². The van der Waals surface area contributed by atoms with Gasteiger partial charge >= 0.3 is 5.97 Å². The van der Waals surface area contributed by atoms with Crippen molar-refractivity contribution in [1.29, 1.82) is 0 Å². The zero-order valence-corrected chi connectivity index (χ0v) is 12.3. The second-order valence-corrected chi connectivity index (χ2v) is 4.94. The molecule has 0 aliphatic carbocycles. The molecule has 0 amide bonds. The fourth-order valence-electron chi connectivity index (χ4n) is 1.62. The summed E-state index contributed by atoms with van der Waals surface area (Å²) in [6.45, 7) is 5.52. The van der Waals surface area contributed by atoms with Gasteiger partial charge in [-0.1, -0.05) is 26.2 Å². The monoisotopic (exact) mass is 258 g/mol. The molecule has 0 aromatic carbocycles. The minimum atomic E-state index is -0.0772. The fraction of sp³-hybridized carbons (Fsp3) is 0.929. The molecule has 0 heterocycles. The van der Waals surface area contributed by atoms with Gasteiger partial charge in [-0.3, -0.25) is 4.79 Å². The lowest BCUT2D eigenvalue weighted by molar-refractivity contribution is -0.143. The first-order valence-corrected chi connectivity index (χ1v) is 7.18. The number of carbonyl (C=O) groups is 1. The van der Waals surface area contributed by atoms with Gasteiger partial charge in [0.25, 0.3) is 0 Å². The Bertz CT molecular complexity index is 196. The Kier molecular flexibility index (Phi) is 12.4. The lowest BCUT2D eigenvalue weighted by atomic mass is 10.2. The van der Waals surface area contributed by atoms with Crippen molar-refractivity contribution in [2.45, 2.75) is 45.4 Å². The smallest absolute Gasteiger partial charge is 0.307 e. The number of ether oxygens (including phenoxy) is 1. The molecule has 4 nitrogen and oxygen atoms in total. The molecule has 0 fully saturated rings. The number of esters is 1. The summed E-state index contributed by atoms with van der Waals surface area (Å²) in [4.78, 5) is 13.5. The summed E-state index contributed by atoms with van der Waals surface area (Å²) in [6.07, 6.45) is 6.19. The first-order valence-electron chi connectivity index (χ1n) is 7.18. The molecule has 0 aliphatic heterocycles. The quantitative estimate of drug-likeness (QED) is 0.430. The van der Waals surface area contributed by atoms with Crippen LogP contribution in [0.2, 0.25) is 0 Å². The molecule has 108 valence electrons. The topological polar surface area (TPSA) is 41.6 Å². The van der Waals surface area contributed by atoms with Crippen molar-refractivity contribution >= 4 is 5.97 Å². The molecule has 0 unspecified atom stereocenters. The summed E-state index contributed by atoms with van der Waals surface area (Å²) < 4.78 is 5.15. The molecule has 0 aromatic rings. The average Bonchev–Trinajstić information content (AvgIpc) is 2.33. The van der Waals surface area contributed by atoms with Gasteiger partial charge in [-0.25, -0.2) is 0 Å². The molecule has 0 spiro atoms. The summed E-state index contributed by atoms with van der Waals surface area (Å²) in [5.74, 6) is -0.0772. The minimum Gasteiger partial charge on any atom is -0.466 e. The normalized spacial score (nSPS) is 10.9. The van der Waals surface area contributed by atoms with Crippen molar-refractivity contribution in [2.75, 3.05) is 40.3 Å². The van der Waals surface area contributed by atoms with Gasteiger partial charge in [-0.15, -0.1) is 0 Å². The Morgan fingerprint density at radius 2 is 1.89 bits per heavy atom. The third kappa shape index (κ3) is 13.5. The third-order valence-electron chi connectivity index (χ3n) is 2.73. The summed E-state index contributed by atoms with van der Waals surface area (Å²) in [5, 5.41) is 3.25. The van der Waals surface area contributed by atoms with E-state index >= 15 is 0 Å². The first-order chi connectivity index (χ1) is 8.66. The van der Waals surface area contributed by atoms with Crippen molar-refractivity contribution in [3.8, 4) is 0 Å². The molecule has 0 bridgehead atoms. The molecule has 0 radical (unpaired) electrons. The molecular formula is C14H30N2O2. The molecule has 0 atom stereocenters. The summed E-state index contributed by atoms with van der Waals surface area (Å²) >= 11 is 0. The Morgan fingerprint density at radius 1 is 1.11 bits per heavy atom. The summed E-state index contributed by atoms with van der Waals surface area (Å²) in [5.41, 5.74) is 0. The van der Waals surface area contributed by atoms with Crippen molar-refractivity contribution < 1.29 is 9.53 Å². The van der Waals surface area contributed by atoms with E-state index in [4.69, 9.17) is 4.74 Å². The number of carbonyl (C=O) groups excluding carboxylic acids is 1. The van der Waals surface area contributed by atoms with E-state index < -0.39 is 0 Å². The zero-order valence-electron chi connectivity index (χ0n) is 12.3. The van der Waals surface area contributed by atoms with E-state index in [0.29, 0.717) is 13.0 Å². The SMILES string of the molecule is CCCCCCOC(=O)CCNCCCN(C)C. The maximum absolute atomic E-state index is 11.3. The second-order valence-electron chi connectivity index (χ2n) is 4.94. The minimum absolute atomic E-state index is 0.0772. The Morgan fingerprint density at radius 3 is 2.56 bits per heavy atom. The van der Waals surface area contributed by atoms with Crippen LogP contribution in [0.15, 0.2) is 0 Å². The zero-order chi connectivity index (χ0) is 13.6. The van der Waals surface area contributed by atoms with E-state index in [9.17, 15) is 4.79 Å². The predicted octanol–water partition coefficient (Wildman–Crippen LogP) is 2.04. The third-order valence-corrected chi connectivity index (χ3v) is 2.73. The highest BCUT2D eigenvalue weighted by Crippen LogP contribution is 1.99. The molecule has 0 aromatic heterocycles. The van der Waals surface area contributed by atoms with Crippen LogP contribution in [-0.4, -0.2) is 51.2 Å². The van der Waals surface area contributed by atoms with Gasteiger partial charge < -0.3 is 15.0 Å². The fourth-order valence-corrected chi connectivity index (χ4v) is 1.62. The molecule has 0 aliphatic rings. The molecule has 0 rings (SSSR count). The first kappa shape index (κ1) is 17.4. The molecule has 0 saturated heterocycles. The number of rotatable bonds is 12. The van der Waals surface area contributed by atoms with Gasteiger partial charge in [0.05, 0.1) is 13.0 Å². The summed E-state index contributed by atoms with van der Waals surface area (Å²) in [6, 6.07) is 0. The highest BCUT2D eigenvalue weighted by molar-refractivity contribution is 5.69. The van der Waals surface area contributed by atoms with Crippen LogP contribution >= 0.6 is 0 Å². The van der Waals surface area contributed by atoms with Gasteiger partial charge in [0, 0.05) is 6.54 Å². The van der Waals surface area contributed by atoms with Crippen LogP contribution in [0, 0.1) is 0 Å². The van der Waals surface area contributed by atoms with Crippen LogP contribution < -0.4 is 5.32 Å². The van der Waals surface area contributed by atoms with E-state index in [0.717, 1.165) is 38.9 Å². The largest absolute Gasteiger partial charge is 0.466 e. The van der Waals surface area contributed by atoms with Gasteiger partial charge in [-0.05, 0) is 40.0 Å². The molecule has 1 N–H and O–H groups in total. The number of unbranched alkanes of at least 4 members (excludes halogenated alkanes) is 3. The van der Waals surface area contributed by atoms with E-state index in [1.165, 1.54) is 12.8 Å². The Hall–Kier alpha value is -0.610. The lowest BCUT2D eigenvalue weighted by Gasteiger charge is -2.09. The highest BCUT2D eigenvalue weighted by atomic mass is 16.5.